The maximum absolute atomic E-state index is 5.22. The Hall–Kier alpha value is -3.29. The van der Waals surface area contributed by atoms with Crippen molar-refractivity contribution in [1.29, 1.82) is 0 Å². The van der Waals surface area contributed by atoms with Crippen LogP contribution in [0.15, 0.2) is 60.9 Å². The van der Waals surface area contributed by atoms with E-state index in [1.165, 1.54) is 5.56 Å². The second-order valence-corrected chi connectivity index (χ2v) is 9.48. The van der Waals surface area contributed by atoms with Crippen molar-refractivity contribution >= 4 is 16.7 Å². The molecule has 0 spiro atoms. The third-order valence-corrected chi connectivity index (χ3v) is 6.76. The van der Waals surface area contributed by atoms with E-state index in [-0.39, 0.29) is 5.92 Å². The number of benzene rings is 2. The maximum atomic E-state index is 5.22. The number of aromatic amines is 1. The predicted octanol–water partition coefficient (Wildman–Crippen LogP) is 3.88. The normalized spacial score (nSPS) is 18.1. The Kier molecular flexibility index (Phi) is 6.56. The molecule has 2 aromatic heterocycles. The summed E-state index contributed by atoms with van der Waals surface area (Å²) in [7, 11) is 6.38. The number of fused-ring (bicyclic) bond motifs is 1. The van der Waals surface area contributed by atoms with Gasteiger partial charge in [0.05, 0.1) is 11.7 Å². The maximum Gasteiger partial charge on any atom is 0.139 e. The molecule has 7 heteroatoms. The molecule has 2 atom stereocenters. The second kappa shape index (κ2) is 9.91. The van der Waals surface area contributed by atoms with E-state index in [9.17, 15) is 0 Å². The van der Waals surface area contributed by atoms with Gasteiger partial charge in [-0.3, -0.25) is 5.10 Å². The highest BCUT2D eigenvalue weighted by Crippen LogP contribution is 2.37. The third-order valence-electron chi connectivity index (χ3n) is 6.76. The molecule has 0 amide bonds. The van der Waals surface area contributed by atoms with Gasteiger partial charge >= 0.3 is 0 Å². The van der Waals surface area contributed by atoms with Crippen LogP contribution in [-0.4, -0.2) is 72.4 Å². The Balaban J connectivity index is 1.56. The van der Waals surface area contributed by atoms with Gasteiger partial charge in [-0.25, -0.2) is 9.97 Å². The summed E-state index contributed by atoms with van der Waals surface area (Å²) in [5, 5.41) is 11.7. The highest BCUT2D eigenvalue weighted by Gasteiger charge is 2.32. The zero-order valence-electron chi connectivity index (χ0n) is 20.2. The third kappa shape index (κ3) is 4.67. The number of hydrogen-bond acceptors (Lipinski definition) is 6. The summed E-state index contributed by atoms with van der Waals surface area (Å²) in [5.74, 6) is 2.55. The minimum atomic E-state index is 0.245. The van der Waals surface area contributed by atoms with Crippen molar-refractivity contribution in [2.24, 2.45) is 0 Å². The van der Waals surface area contributed by atoms with E-state index in [4.69, 9.17) is 9.97 Å². The highest BCUT2D eigenvalue weighted by atomic mass is 15.2. The minimum Gasteiger partial charge on any atom is -0.359 e. The van der Waals surface area contributed by atoms with Crippen LogP contribution in [0.5, 0.6) is 0 Å². The molecule has 2 N–H and O–H groups in total. The van der Waals surface area contributed by atoms with E-state index >= 15 is 0 Å². The van der Waals surface area contributed by atoms with Gasteiger partial charge in [-0.1, -0.05) is 36.4 Å². The topological polar surface area (TPSA) is 73.0 Å². The molecule has 0 saturated carbocycles. The van der Waals surface area contributed by atoms with E-state index in [1.54, 1.807) is 0 Å². The van der Waals surface area contributed by atoms with Gasteiger partial charge in [0.2, 0.25) is 0 Å². The van der Waals surface area contributed by atoms with Crippen LogP contribution < -0.4 is 10.2 Å². The van der Waals surface area contributed by atoms with Crippen molar-refractivity contribution in [2.45, 2.75) is 18.3 Å². The van der Waals surface area contributed by atoms with E-state index in [0.29, 0.717) is 5.92 Å². The molecule has 5 rings (SSSR count). The molecule has 34 heavy (non-hydrogen) atoms. The smallest absolute Gasteiger partial charge is 0.139 e. The number of nitrogens with one attached hydrogen (secondary N) is 2. The quantitative estimate of drug-likeness (QED) is 0.420. The molecular formula is C27H33N7. The Morgan fingerprint density at radius 2 is 1.74 bits per heavy atom. The molecule has 2 aromatic carbocycles. The number of hydrogen-bond donors (Lipinski definition) is 2. The van der Waals surface area contributed by atoms with Gasteiger partial charge in [-0.15, -0.1) is 0 Å². The summed E-state index contributed by atoms with van der Waals surface area (Å²) in [5.41, 5.74) is 4.52. The van der Waals surface area contributed by atoms with E-state index in [1.807, 2.05) is 12.4 Å². The lowest BCUT2D eigenvalue weighted by molar-refractivity contribution is 0.401. The number of anilines is 1. The Bertz CT molecular complexity index is 1220. The van der Waals surface area contributed by atoms with Crippen LogP contribution >= 0.6 is 0 Å². The molecule has 1 aliphatic rings. The van der Waals surface area contributed by atoms with Crippen LogP contribution in [0.4, 0.5) is 5.82 Å². The molecule has 4 aromatic rings. The van der Waals surface area contributed by atoms with Gasteiger partial charge in [0.15, 0.2) is 0 Å². The van der Waals surface area contributed by atoms with Crippen LogP contribution in [-0.2, 0) is 0 Å². The second-order valence-electron chi connectivity index (χ2n) is 9.48. The van der Waals surface area contributed by atoms with Crippen LogP contribution in [0.3, 0.4) is 0 Å². The molecule has 0 radical (unpaired) electrons. The van der Waals surface area contributed by atoms with Gasteiger partial charge in [-0.05, 0) is 50.3 Å². The zero-order valence-corrected chi connectivity index (χ0v) is 20.2. The number of nitrogens with zero attached hydrogens (tertiary/aromatic N) is 5. The van der Waals surface area contributed by atoms with Gasteiger partial charge < -0.3 is 15.1 Å². The highest BCUT2D eigenvalue weighted by molar-refractivity contribution is 5.93. The Labute approximate surface area is 201 Å². The number of aromatic nitrogens is 4. The molecule has 1 saturated heterocycles. The fourth-order valence-electron chi connectivity index (χ4n) is 4.91. The molecule has 176 valence electrons. The Morgan fingerprint density at radius 1 is 0.912 bits per heavy atom. The van der Waals surface area contributed by atoms with Crippen molar-refractivity contribution in [3.63, 3.8) is 0 Å². The first kappa shape index (κ1) is 22.5. The van der Waals surface area contributed by atoms with E-state index < -0.39 is 0 Å². The first-order valence-corrected chi connectivity index (χ1v) is 12.0. The average Bonchev–Trinajstić information content (AvgIpc) is 3.56. The van der Waals surface area contributed by atoms with Crippen molar-refractivity contribution < 1.29 is 0 Å². The fourth-order valence-corrected chi connectivity index (χ4v) is 4.91. The van der Waals surface area contributed by atoms with Gasteiger partial charge in [0.25, 0.3) is 0 Å². The molecule has 0 bridgehead atoms. The summed E-state index contributed by atoms with van der Waals surface area (Å²) < 4.78 is 0. The number of rotatable bonds is 8. The Morgan fingerprint density at radius 3 is 2.50 bits per heavy atom. The minimum absolute atomic E-state index is 0.245. The van der Waals surface area contributed by atoms with Crippen LogP contribution in [0, 0.1) is 0 Å². The summed E-state index contributed by atoms with van der Waals surface area (Å²) in [4.78, 5) is 14.8. The van der Waals surface area contributed by atoms with Crippen molar-refractivity contribution in [3.8, 4) is 11.1 Å². The standard InChI is InChI=1S/C27H33N7/c1-33(2)12-7-13-34(3)27-22-14-20(21-15-29-30-16-21)10-11-25(22)31-26(32-27)24-18-28-17-23(24)19-8-5-4-6-9-19/h4-6,8-11,14-16,23-24,28H,7,12-13,17-18H2,1-3H3,(H,29,30)/t23-,24+/m0/s1. The van der Waals surface area contributed by atoms with Gasteiger partial charge in [0, 0.05) is 55.7 Å². The molecule has 1 fully saturated rings. The lowest BCUT2D eigenvalue weighted by Crippen LogP contribution is -2.25. The molecular weight excluding hydrogens is 422 g/mol. The molecule has 3 heterocycles. The summed E-state index contributed by atoms with van der Waals surface area (Å²) in [6.07, 6.45) is 4.85. The van der Waals surface area contributed by atoms with E-state index in [2.05, 4.69) is 95.0 Å². The van der Waals surface area contributed by atoms with Gasteiger partial charge in [-0.2, -0.15) is 5.10 Å². The largest absolute Gasteiger partial charge is 0.359 e. The summed E-state index contributed by atoms with van der Waals surface area (Å²) in [6.45, 7) is 3.82. The molecule has 1 aliphatic heterocycles. The number of H-pyrrole nitrogens is 1. The van der Waals surface area contributed by atoms with Gasteiger partial charge in [0.1, 0.15) is 11.6 Å². The first-order chi connectivity index (χ1) is 16.6. The lowest BCUT2D eigenvalue weighted by Gasteiger charge is -2.24. The van der Waals surface area contributed by atoms with Crippen LogP contribution in [0.25, 0.3) is 22.0 Å². The van der Waals surface area contributed by atoms with Crippen LogP contribution in [0.1, 0.15) is 29.6 Å². The fraction of sp³-hybridized carbons (Fsp3) is 0.370. The summed E-state index contributed by atoms with van der Waals surface area (Å²) >= 11 is 0. The zero-order chi connectivity index (χ0) is 23.5. The van der Waals surface area contributed by atoms with Crippen molar-refractivity contribution in [2.75, 3.05) is 52.2 Å². The van der Waals surface area contributed by atoms with Crippen molar-refractivity contribution in [3.05, 3.63) is 72.3 Å². The SMILES string of the molecule is CN(C)CCCN(C)c1nc([C@@H]2CNC[C@H]2c2ccccc2)nc2ccc(-c3cn[nH]c3)cc12. The monoisotopic (exact) mass is 455 g/mol. The average molecular weight is 456 g/mol. The molecule has 0 unspecified atom stereocenters. The lowest BCUT2D eigenvalue weighted by atomic mass is 9.88. The predicted molar refractivity (Wildman–Crippen MR) is 138 cm³/mol. The molecule has 0 aliphatic carbocycles. The summed E-state index contributed by atoms with van der Waals surface area (Å²) in [6, 6.07) is 17.2. The van der Waals surface area contributed by atoms with Crippen LogP contribution in [0.2, 0.25) is 0 Å². The van der Waals surface area contributed by atoms with Crippen molar-refractivity contribution in [1.82, 2.24) is 30.4 Å². The first-order valence-electron chi connectivity index (χ1n) is 12.0. The van der Waals surface area contributed by atoms with E-state index in [0.717, 1.165) is 66.3 Å². The molecule has 7 nitrogen and oxygen atoms in total.